The highest BCUT2D eigenvalue weighted by atomic mass is 32.3. The molecule has 0 aliphatic rings. The highest BCUT2D eigenvalue weighted by molar-refractivity contribution is 8.00. The molecule has 1 aromatic carbocycles. The Hall–Kier alpha value is -0.680. The van der Waals surface area contributed by atoms with Crippen molar-refractivity contribution in [2.45, 2.75) is 50.0 Å². The summed E-state index contributed by atoms with van der Waals surface area (Å²) in [6.45, 7) is 9.98. The molecule has 0 amide bonds. The molecule has 1 rings (SSSR count). The van der Waals surface area contributed by atoms with Gasteiger partial charge in [0.1, 0.15) is 0 Å². The SMILES string of the molecule is Cc1ccc(S(=O)(=O)N=S(C(C)C)C(C)C)cc1. The van der Waals surface area contributed by atoms with Gasteiger partial charge in [-0.1, -0.05) is 56.1 Å². The molecule has 18 heavy (non-hydrogen) atoms. The zero-order valence-corrected chi connectivity index (χ0v) is 13.2. The predicted octanol–water partition coefficient (Wildman–Crippen LogP) is 3.30. The number of rotatable bonds is 4. The second-order valence-electron chi connectivity index (χ2n) is 4.81. The highest BCUT2D eigenvalue weighted by Crippen LogP contribution is 2.17. The molecule has 0 heterocycles. The van der Waals surface area contributed by atoms with Crippen molar-refractivity contribution in [1.82, 2.24) is 0 Å². The average molecular weight is 287 g/mol. The fraction of sp³-hybridized carbons (Fsp3) is 0.538. The second kappa shape index (κ2) is 5.97. The molecule has 0 aromatic heterocycles. The fourth-order valence-electron chi connectivity index (χ4n) is 1.58. The van der Waals surface area contributed by atoms with E-state index in [0.29, 0.717) is 0 Å². The van der Waals surface area contributed by atoms with Gasteiger partial charge in [0.15, 0.2) is 0 Å². The molecule has 0 saturated carbocycles. The summed E-state index contributed by atoms with van der Waals surface area (Å²) in [7, 11) is -4.00. The molecular weight excluding hydrogens is 266 g/mol. The molecule has 0 N–H and O–H groups in total. The summed E-state index contributed by atoms with van der Waals surface area (Å²) < 4.78 is 28.5. The highest BCUT2D eigenvalue weighted by Gasteiger charge is 2.17. The van der Waals surface area contributed by atoms with E-state index in [-0.39, 0.29) is 15.4 Å². The van der Waals surface area contributed by atoms with Crippen LogP contribution in [0.2, 0.25) is 0 Å². The van der Waals surface area contributed by atoms with Gasteiger partial charge in [0.2, 0.25) is 0 Å². The number of nitrogens with zero attached hydrogens (tertiary/aromatic N) is 1. The quantitative estimate of drug-likeness (QED) is 0.853. The van der Waals surface area contributed by atoms with Crippen LogP contribution < -0.4 is 0 Å². The van der Waals surface area contributed by atoms with Gasteiger partial charge in [-0.3, -0.25) is 0 Å². The number of hydrogen-bond donors (Lipinski definition) is 0. The van der Waals surface area contributed by atoms with Crippen molar-refractivity contribution in [2.75, 3.05) is 0 Å². The third-order valence-corrected chi connectivity index (χ3v) is 6.74. The molecule has 0 radical (unpaired) electrons. The summed E-state index contributed by atoms with van der Waals surface area (Å²) >= 11 is 0. The lowest BCUT2D eigenvalue weighted by atomic mass is 10.2. The molecule has 0 spiro atoms. The Morgan fingerprint density at radius 2 is 1.44 bits per heavy atom. The van der Waals surface area contributed by atoms with Crippen molar-refractivity contribution in [3.63, 3.8) is 0 Å². The molecule has 0 unspecified atom stereocenters. The first-order valence-electron chi connectivity index (χ1n) is 6.00. The molecule has 0 saturated heterocycles. The lowest BCUT2D eigenvalue weighted by Gasteiger charge is -2.15. The van der Waals surface area contributed by atoms with Crippen molar-refractivity contribution < 1.29 is 8.42 Å². The van der Waals surface area contributed by atoms with E-state index in [1.165, 1.54) is 0 Å². The fourth-order valence-corrected chi connectivity index (χ4v) is 5.78. The Morgan fingerprint density at radius 1 is 1.00 bits per heavy atom. The standard InChI is InChI=1S/C13H21NO2S2/c1-10(2)17(11(3)4)14-18(15,16)13-8-6-12(5)7-9-13/h6-11H,1-5H3. The summed E-state index contributed by atoms with van der Waals surface area (Å²) in [6, 6.07) is 6.84. The first kappa shape index (κ1) is 15.4. The Morgan fingerprint density at radius 3 is 1.83 bits per heavy atom. The minimum Gasteiger partial charge on any atom is -0.199 e. The minimum absolute atomic E-state index is 0.241. The second-order valence-corrected chi connectivity index (χ2v) is 9.40. The van der Waals surface area contributed by atoms with Crippen LogP contribution in [0.1, 0.15) is 33.3 Å². The average Bonchev–Trinajstić information content (AvgIpc) is 2.26. The zero-order valence-electron chi connectivity index (χ0n) is 11.5. The first-order valence-corrected chi connectivity index (χ1v) is 8.75. The maximum Gasteiger partial charge on any atom is 0.287 e. The van der Waals surface area contributed by atoms with Crippen molar-refractivity contribution in [1.29, 1.82) is 0 Å². The van der Waals surface area contributed by atoms with Crippen molar-refractivity contribution >= 4 is 20.7 Å². The smallest absolute Gasteiger partial charge is 0.199 e. The van der Waals surface area contributed by atoms with Crippen LogP contribution >= 0.6 is 0 Å². The zero-order chi connectivity index (χ0) is 13.9. The van der Waals surface area contributed by atoms with Gasteiger partial charge in [0.05, 0.1) is 4.90 Å². The van der Waals surface area contributed by atoms with E-state index in [1.54, 1.807) is 24.3 Å². The van der Waals surface area contributed by atoms with Gasteiger partial charge in [-0.25, -0.2) is 0 Å². The maximum absolute atomic E-state index is 12.2. The van der Waals surface area contributed by atoms with Crippen molar-refractivity contribution in [3.8, 4) is 0 Å². The number of sulfonamides is 1. The lowest BCUT2D eigenvalue weighted by Crippen LogP contribution is -2.17. The predicted molar refractivity (Wildman–Crippen MR) is 78.4 cm³/mol. The normalized spacial score (nSPS) is 12.4. The maximum atomic E-state index is 12.2. The minimum atomic E-state index is -3.53. The largest absolute Gasteiger partial charge is 0.287 e. The molecule has 3 nitrogen and oxygen atoms in total. The molecule has 5 heteroatoms. The summed E-state index contributed by atoms with van der Waals surface area (Å²) in [5.41, 5.74) is 1.04. The van der Waals surface area contributed by atoms with Crippen LogP contribution in [0.4, 0.5) is 0 Å². The molecular formula is C13H21NO2S2. The number of aryl methyl sites for hydroxylation is 1. The summed E-state index contributed by atoms with van der Waals surface area (Å²) in [4.78, 5) is 0.284. The van der Waals surface area contributed by atoms with E-state index < -0.39 is 20.7 Å². The van der Waals surface area contributed by atoms with E-state index in [0.717, 1.165) is 5.56 Å². The van der Waals surface area contributed by atoms with Crippen LogP contribution in [0.5, 0.6) is 0 Å². The Bertz CT molecular complexity index is 519. The topological polar surface area (TPSA) is 46.5 Å². The number of benzene rings is 1. The van der Waals surface area contributed by atoms with E-state index in [9.17, 15) is 8.42 Å². The third kappa shape index (κ3) is 3.92. The Kier molecular flexibility index (Phi) is 5.10. The summed E-state index contributed by atoms with van der Waals surface area (Å²) in [5, 5.41) is 0.482. The molecule has 0 atom stereocenters. The van der Waals surface area contributed by atoms with Crippen molar-refractivity contribution in [2.24, 2.45) is 3.77 Å². The van der Waals surface area contributed by atoms with Crippen LogP contribution in [-0.2, 0) is 20.7 Å². The molecule has 0 bridgehead atoms. The Labute approximate surface area is 113 Å². The Balaban J connectivity index is 3.22. The molecule has 0 aliphatic heterocycles. The monoisotopic (exact) mass is 287 g/mol. The van der Waals surface area contributed by atoms with E-state index in [2.05, 4.69) is 3.77 Å². The van der Waals surface area contributed by atoms with Crippen LogP contribution in [-0.4, -0.2) is 18.9 Å². The summed E-state index contributed by atoms with van der Waals surface area (Å²) in [6.07, 6.45) is 0. The van der Waals surface area contributed by atoms with Crippen molar-refractivity contribution in [3.05, 3.63) is 29.8 Å². The van der Waals surface area contributed by atoms with Gasteiger partial charge < -0.3 is 0 Å². The van der Waals surface area contributed by atoms with E-state index in [1.807, 2.05) is 34.6 Å². The molecule has 0 aliphatic carbocycles. The van der Waals surface area contributed by atoms with E-state index in [4.69, 9.17) is 0 Å². The van der Waals surface area contributed by atoms with Crippen LogP contribution in [0.3, 0.4) is 0 Å². The van der Waals surface area contributed by atoms with E-state index >= 15 is 0 Å². The molecule has 0 fully saturated rings. The van der Waals surface area contributed by atoms with Gasteiger partial charge in [0, 0.05) is 10.5 Å². The molecule has 102 valence electrons. The van der Waals surface area contributed by atoms with Gasteiger partial charge in [0.25, 0.3) is 10.0 Å². The van der Waals surface area contributed by atoms with Gasteiger partial charge in [-0.2, -0.15) is 8.42 Å². The first-order chi connectivity index (χ1) is 8.24. The van der Waals surface area contributed by atoms with Gasteiger partial charge in [-0.15, -0.1) is 3.77 Å². The van der Waals surface area contributed by atoms with Gasteiger partial charge >= 0.3 is 0 Å². The van der Waals surface area contributed by atoms with Crippen LogP contribution in [0.25, 0.3) is 0 Å². The van der Waals surface area contributed by atoms with Gasteiger partial charge in [-0.05, 0) is 19.1 Å². The lowest BCUT2D eigenvalue weighted by molar-refractivity contribution is 0.598. The van der Waals surface area contributed by atoms with Crippen LogP contribution in [0.15, 0.2) is 32.9 Å². The summed E-state index contributed by atoms with van der Waals surface area (Å²) in [5.74, 6) is 0. The molecule has 1 aromatic rings. The number of hydrogen-bond acceptors (Lipinski definition) is 2. The third-order valence-electron chi connectivity index (χ3n) is 2.47. The van der Waals surface area contributed by atoms with Crippen LogP contribution in [0, 0.1) is 6.92 Å².